The Morgan fingerprint density at radius 3 is 2.43 bits per heavy atom. The number of amides is 1. The van der Waals surface area contributed by atoms with Crippen molar-refractivity contribution in [1.82, 2.24) is 19.1 Å². The number of carbonyl (C=O) groups is 1. The molecule has 0 saturated heterocycles. The van der Waals surface area contributed by atoms with E-state index < -0.39 is 15.9 Å². The van der Waals surface area contributed by atoms with Crippen LogP contribution in [-0.4, -0.2) is 54.2 Å². The van der Waals surface area contributed by atoms with Crippen LogP contribution in [0.25, 0.3) is 0 Å². The third kappa shape index (κ3) is 2.40. The van der Waals surface area contributed by atoms with Gasteiger partial charge in [-0.15, -0.1) is 0 Å². The third-order valence-electron chi connectivity index (χ3n) is 3.51. The second-order valence-corrected chi connectivity index (χ2v) is 6.57. The second-order valence-electron chi connectivity index (χ2n) is 4.74. The molecule has 23 heavy (non-hydrogen) atoms. The summed E-state index contributed by atoms with van der Waals surface area (Å²) in [6, 6.07) is 2.68. The van der Waals surface area contributed by atoms with E-state index in [0.717, 1.165) is 4.31 Å². The zero-order chi connectivity index (χ0) is 16.6. The molecule has 0 spiro atoms. The van der Waals surface area contributed by atoms with E-state index in [1.54, 1.807) is 0 Å². The van der Waals surface area contributed by atoms with Gasteiger partial charge in [-0.1, -0.05) is 0 Å². The van der Waals surface area contributed by atoms with E-state index >= 15 is 0 Å². The Labute approximate surface area is 132 Å². The van der Waals surface area contributed by atoms with E-state index in [1.165, 1.54) is 43.7 Å². The first-order valence-corrected chi connectivity index (χ1v) is 8.08. The average molecular weight is 338 g/mol. The van der Waals surface area contributed by atoms with Gasteiger partial charge < -0.3 is 9.47 Å². The van der Waals surface area contributed by atoms with Crippen LogP contribution in [0.5, 0.6) is 11.5 Å². The van der Waals surface area contributed by atoms with Crippen LogP contribution in [0.3, 0.4) is 0 Å². The maximum atomic E-state index is 12.6. The van der Waals surface area contributed by atoms with Crippen LogP contribution in [-0.2, 0) is 16.6 Å². The minimum absolute atomic E-state index is 0.0379. The van der Waals surface area contributed by atoms with Gasteiger partial charge in [-0.3, -0.25) is 9.48 Å². The van der Waals surface area contributed by atoms with Crippen LogP contribution >= 0.6 is 0 Å². The summed E-state index contributed by atoms with van der Waals surface area (Å²) in [5.41, 5.74) is 0.0706. The van der Waals surface area contributed by atoms with E-state index in [0.29, 0.717) is 5.75 Å². The number of fused-ring (bicyclic) bond motifs is 1. The van der Waals surface area contributed by atoms with E-state index in [2.05, 4.69) is 10.1 Å². The molecule has 1 aromatic carbocycles. The number of methoxy groups -OCH3 is 2. The highest BCUT2D eigenvalue weighted by atomic mass is 32.2. The predicted octanol–water partition coefficient (Wildman–Crippen LogP) is 0.140. The van der Waals surface area contributed by atoms with Crippen molar-refractivity contribution in [2.24, 2.45) is 0 Å². The molecule has 0 bridgehead atoms. The number of benzene rings is 1. The second kappa shape index (κ2) is 5.54. The van der Waals surface area contributed by atoms with Crippen LogP contribution in [0.4, 0.5) is 0 Å². The lowest BCUT2D eigenvalue weighted by Crippen LogP contribution is -2.33. The summed E-state index contributed by atoms with van der Waals surface area (Å²) in [5.74, 6) is -0.0465. The van der Waals surface area contributed by atoms with Gasteiger partial charge in [-0.25, -0.2) is 17.7 Å². The molecule has 0 fully saturated rings. The van der Waals surface area contributed by atoms with Gasteiger partial charge in [0, 0.05) is 6.07 Å². The van der Waals surface area contributed by atoms with Crippen molar-refractivity contribution in [3.8, 4) is 11.5 Å². The Morgan fingerprint density at radius 1 is 1.13 bits per heavy atom. The lowest BCUT2D eigenvalue weighted by atomic mass is 10.2. The summed E-state index contributed by atoms with van der Waals surface area (Å²) in [4.78, 5) is 16.1. The number of hydrogen-bond acceptors (Lipinski definition) is 7. The Morgan fingerprint density at radius 2 is 1.83 bits per heavy atom. The Bertz CT molecular complexity index is 847. The normalized spacial score (nSPS) is 15.6. The molecule has 2 aromatic rings. The van der Waals surface area contributed by atoms with Gasteiger partial charge in [0.15, 0.2) is 11.5 Å². The van der Waals surface area contributed by atoms with Gasteiger partial charge >= 0.3 is 0 Å². The number of hydrogen-bond donors (Lipinski definition) is 0. The quantitative estimate of drug-likeness (QED) is 0.764. The number of aromatic nitrogens is 3. The van der Waals surface area contributed by atoms with Gasteiger partial charge in [0.05, 0.1) is 32.9 Å². The molecule has 1 aliphatic rings. The predicted molar refractivity (Wildman–Crippen MR) is 77.8 cm³/mol. The minimum Gasteiger partial charge on any atom is -0.493 e. The molecule has 0 atom stereocenters. The fourth-order valence-corrected chi connectivity index (χ4v) is 3.92. The molecule has 0 aliphatic carbocycles. The zero-order valence-electron chi connectivity index (χ0n) is 12.5. The standard InChI is InChI=1S/C13H14N4O5S/c1-21-10-5-9-12(6-11(10)22-2)23(19,20)17(13(9)18)4-3-16-8-14-7-15-16/h5-8H,3-4H2,1-2H3. The van der Waals surface area contributed by atoms with Crippen LogP contribution < -0.4 is 9.47 Å². The summed E-state index contributed by atoms with van der Waals surface area (Å²) >= 11 is 0. The monoisotopic (exact) mass is 338 g/mol. The summed E-state index contributed by atoms with van der Waals surface area (Å²) < 4.78 is 37.7. The van der Waals surface area contributed by atoms with Gasteiger partial charge in [0.1, 0.15) is 17.6 Å². The van der Waals surface area contributed by atoms with E-state index in [-0.39, 0.29) is 29.3 Å². The highest BCUT2D eigenvalue weighted by molar-refractivity contribution is 7.90. The molecule has 0 saturated carbocycles. The van der Waals surface area contributed by atoms with Crippen LogP contribution in [0.15, 0.2) is 29.7 Å². The summed E-state index contributed by atoms with van der Waals surface area (Å²) in [5, 5.41) is 3.89. The van der Waals surface area contributed by atoms with Crippen molar-refractivity contribution < 1.29 is 22.7 Å². The number of carbonyl (C=O) groups excluding carboxylic acids is 1. The first kappa shape index (κ1) is 15.3. The van der Waals surface area contributed by atoms with E-state index in [1.807, 2.05) is 0 Å². The molecule has 3 rings (SSSR count). The number of rotatable bonds is 5. The van der Waals surface area contributed by atoms with Crippen LogP contribution in [0.1, 0.15) is 10.4 Å². The van der Waals surface area contributed by atoms with Crippen molar-refractivity contribution in [1.29, 1.82) is 0 Å². The van der Waals surface area contributed by atoms with Gasteiger partial charge in [-0.05, 0) is 6.07 Å². The SMILES string of the molecule is COc1cc2c(cc1OC)S(=O)(=O)N(CCn1cncn1)C2=O. The molecule has 1 amide bonds. The molecule has 0 unspecified atom stereocenters. The van der Waals surface area contributed by atoms with Gasteiger partial charge in [0.2, 0.25) is 0 Å². The highest BCUT2D eigenvalue weighted by Crippen LogP contribution is 2.38. The summed E-state index contributed by atoms with van der Waals surface area (Å²) in [6.45, 7) is 0.178. The molecule has 1 aromatic heterocycles. The Balaban J connectivity index is 1.97. The highest BCUT2D eigenvalue weighted by Gasteiger charge is 2.42. The van der Waals surface area contributed by atoms with Crippen LogP contribution in [0.2, 0.25) is 0 Å². The molecular weight excluding hydrogens is 324 g/mol. The number of sulfonamides is 1. The Kier molecular flexibility index (Phi) is 3.68. The topological polar surface area (TPSA) is 104 Å². The maximum Gasteiger partial charge on any atom is 0.269 e. The maximum absolute atomic E-state index is 12.6. The molecule has 0 radical (unpaired) electrons. The number of nitrogens with zero attached hydrogens (tertiary/aromatic N) is 4. The zero-order valence-corrected chi connectivity index (χ0v) is 13.3. The molecule has 0 N–H and O–H groups in total. The lowest BCUT2D eigenvalue weighted by Gasteiger charge is -2.14. The van der Waals surface area contributed by atoms with Gasteiger partial charge in [-0.2, -0.15) is 5.10 Å². The van der Waals surface area contributed by atoms with E-state index in [9.17, 15) is 13.2 Å². The number of ether oxygens (including phenoxy) is 2. The van der Waals surface area contributed by atoms with Gasteiger partial charge in [0.25, 0.3) is 15.9 Å². The molecule has 2 heterocycles. The molecule has 1 aliphatic heterocycles. The molecule has 9 nitrogen and oxygen atoms in total. The van der Waals surface area contributed by atoms with E-state index in [4.69, 9.17) is 9.47 Å². The van der Waals surface area contributed by atoms with Crippen molar-refractivity contribution in [2.45, 2.75) is 11.4 Å². The minimum atomic E-state index is -3.92. The van der Waals surface area contributed by atoms with Crippen molar-refractivity contribution in [3.63, 3.8) is 0 Å². The fourth-order valence-electron chi connectivity index (χ4n) is 2.37. The largest absolute Gasteiger partial charge is 0.493 e. The van der Waals surface area contributed by atoms with Crippen molar-refractivity contribution in [3.05, 3.63) is 30.4 Å². The fraction of sp³-hybridized carbons (Fsp3) is 0.308. The Hall–Kier alpha value is -2.62. The first-order chi connectivity index (χ1) is 11.0. The molecule has 10 heteroatoms. The third-order valence-corrected chi connectivity index (χ3v) is 5.33. The lowest BCUT2D eigenvalue weighted by molar-refractivity contribution is 0.0867. The molecule has 122 valence electrons. The molecular formula is C13H14N4O5S. The smallest absolute Gasteiger partial charge is 0.269 e. The summed E-state index contributed by atoms with van der Waals surface area (Å²) in [7, 11) is -1.10. The van der Waals surface area contributed by atoms with Crippen LogP contribution in [0, 0.1) is 0 Å². The van der Waals surface area contributed by atoms with Crippen molar-refractivity contribution >= 4 is 15.9 Å². The summed E-state index contributed by atoms with van der Waals surface area (Å²) in [6.07, 6.45) is 2.79. The average Bonchev–Trinajstić information content (AvgIpc) is 3.11. The van der Waals surface area contributed by atoms with Crippen molar-refractivity contribution in [2.75, 3.05) is 20.8 Å². The first-order valence-electron chi connectivity index (χ1n) is 6.64.